The maximum Gasteiger partial charge on any atom is 0.0346 e. The van der Waals surface area contributed by atoms with Crippen molar-refractivity contribution in [3.63, 3.8) is 0 Å². The Kier molecular flexibility index (Phi) is 3.48. The second-order valence-electron chi connectivity index (χ2n) is 5.09. The van der Waals surface area contributed by atoms with Crippen molar-refractivity contribution in [2.24, 2.45) is 0 Å². The van der Waals surface area contributed by atoms with Crippen molar-refractivity contribution in [3.05, 3.63) is 66.0 Å². The zero-order valence-corrected chi connectivity index (χ0v) is 11.9. The van der Waals surface area contributed by atoms with Crippen LogP contribution in [0, 0.1) is 6.92 Å². The molecule has 1 heterocycles. The fourth-order valence-corrected chi connectivity index (χ4v) is 2.64. The van der Waals surface area contributed by atoms with Gasteiger partial charge < -0.3 is 5.32 Å². The van der Waals surface area contributed by atoms with Crippen LogP contribution in [0.4, 0.5) is 0 Å². The third kappa shape index (κ3) is 2.30. The van der Waals surface area contributed by atoms with Gasteiger partial charge in [0.2, 0.25) is 0 Å². The van der Waals surface area contributed by atoms with E-state index in [2.05, 4.69) is 59.7 Å². The average molecular weight is 262 g/mol. The van der Waals surface area contributed by atoms with Gasteiger partial charge in [0, 0.05) is 24.3 Å². The van der Waals surface area contributed by atoms with Crippen LogP contribution in [-0.4, -0.2) is 12.0 Å². The van der Waals surface area contributed by atoms with E-state index in [1.54, 1.807) is 0 Å². The largest absolute Gasteiger partial charge is 0.316 e. The van der Waals surface area contributed by atoms with Gasteiger partial charge in [-0.2, -0.15) is 0 Å². The summed E-state index contributed by atoms with van der Waals surface area (Å²) in [5.74, 6) is 0. The number of pyridine rings is 1. The van der Waals surface area contributed by atoms with Crippen LogP contribution in [0.5, 0.6) is 0 Å². The SMILES string of the molecule is CNCc1ccc(C)cc1-c1cccc2cnccc12. The summed E-state index contributed by atoms with van der Waals surface area (Å²) in [6.45, 7) is 3.01. The average Bonchev–Trinajstić information content (AvgIpc) is 2.49. The van der Waals surface area contributed by atoms with Crippen molar-refractivity contribution in [1.82, 2.24) is 10.3 Å². The van der Waals surface area contributed by atoms with Crippen molar-refractivity contribution in [2.45, 2.75) is 13.5 Å². The van der Waals surface area contributed by atoms with Gasteiger partial charge in [-0.15, -0.1) is 0 Å². The highest BCUT2D eigenvalue weighted by Gasteiger charge is 2.08. The Morgan fingerprint density at radius 3 is 2.80 bits per heavy atom. The molecule has 0 aliphatic carbocycles. The van der Waals surface area contributed by atoms with Gasteiger partial charge in [0.05, 0.1) is 0 Å². The molecule has 0 atom stereocenters. The molecular formula is C18H18N2. The van der Waals surface area contributed by atoms with Crippen molar-refractivity contribution in [1.29, 1.82) is 0 Å². The first-order valence-electron chi connectivity index (χ1n) is 6.87. The lowest BCUT2D eigenvalue weighted by atomic mass is 9.94. The molecule has 0 amide bonds. The molecule has 0 bridgehead atoms. The van der Waals surface area contributed by atoms with Gasteiger partial charge in [0.15, 0.2) is 0 Å². The van der Waals surface area contributed by atoms with Crippen LogP contribution in [0.15, 0.2) is 54.9 Å². The highest BCUT2D eigenvalue weighted by atomic mass is 14.8. The second-order valence-corrected chi connectivity index (χ2v) is 5.09. The van der Waals surface area contributed by atoms with Crippen LogP contribution in [-0.2, 0) is 6.54 Å². The molecule has 2 nitrogen and oxygen atoms in total. The molecule has 1 N–H and O–H groups in total. The molecule has 0 aliphatic rings. The number of nitrogens with zero attached hydrogens (tertiary/aromatic N) is 1. The summed E-state index contributed by atoms with van der Waals surface area (Å²) >= 11 is 0. The summed E-state index contributed by atoms with van der Waals surface area (Å²) in [5.41, 5.74) is 5.18. The lowest BCUT2D eigenvalue weighted by Gasteiger charge is -2.13. The number of aromatic nitrogens is 1. The molecule has 20 heavy (non-hydrogen) atoms. The molecule has 2 aromatic carbocycles. The Labute approximate surface area is 119 Å². The predicted octanol–water partition coefficient (Wildman–Crippen LogP) is 3.93. The molecular weight excluding hydrogens is 244 g/mol. The summed E-state index contributed by atoms with van der Waals surface area (Å²) in [4.78, 5) is 4.21. The molecule has 0 unspecified atom stereocenters. The summed E-state index contributed by atoms with van der Waals surface area (Å²) in [6.07, 6.45) is 3.78. The van der Waals surface area contributed by atoms with Crippen molar-refractivity contribution in [3.8, 4) is 11.1 Å². The van der Waals surface area contributed by atoms with Crippen LogP contribution in [0.2, 0.25) is 0 Å². The number of nitrogens with one attached hydrogen (secondary N) is 1. The van der Waals surface area contributed by atoms with Gasteiger partial charge in [0.25, 0.3) is 0 Å². The zero-order valence-electron chi connectivity index (χ0n) is 11.9. The lowest BCUT2D eigenvalue weighted by Crippen LogP contribution is -2.06. The fraction of sp³-hybridized carbons (Fsp3) is 0.167. The molecule has 1 aromatic heterocycles. The van der Waals surface area contributed by atoms with E-state index in [0.29, 0.717) is 0 Å². The van der Waals surface area contributed by atoms with Crippen LogP contribution < -0.4 is 5.32 Å². The molecule has 0 radical (unpaired) electrons. The smallest absolute Gasteiger partial charge is 0.0346 e. The van der Waals surface area contributed by atoms with E-state index in [9.17, 15) is 0 Å². The Balaban J connectivity index is 2.27. The Hall–Kier alpha value is -2.19. The maximum absolute atomic E-state index is 4.21. The van der Waals surface area contributed by atoms with Crippen molar-refractivity contribution in [2.75, 3.05) is 7.05 Å². The van der Waals surface area contributed by atoms with Gasteiger partial charge >= 0.3 is 0 Å². The molecule has 3 aromatic rings. The van der Waals surface area contributed by atoms with E-state index >= 15 is 0 Å². The van der Waals surface area contributed by atoms with Gasteiger partial charge in [-0.25, -0.2) is 0 Å². The third-order valence-corrected chi connectivity index (χ3v) is 3.60. The Morgan fingerprint density at radius 1 is 1.05 bits per heavy atom. The van der Waals surface area contributed by atoms with Gasteiger partial charge in [-0.1, -0.05) is 42.0 Å². The topological polar surface area (TPSA) is 24.9 Å². The number of fused-ring (bicyclic) bond motifs is 1. The maximum atomic E-state index is 4.21. The van der Waals surface area contributed by atoms with Gasteiger partial charge in [-0.3, -0.25) is 4.98 Å². The van der Waals surface area contributed by atoms with Crippen LogP contribution in [0.3, 0.4) is 0 Å². The highest BCUT2D eigenvalue weighted by molar-refractivity contribution is 5.96. The van der Waals surface area contributed by atoms with Crippen LogP contribution in [0.25, 0.3) is 21.9 Å². The van der Waals surface area contributed by atoms with E-state index in [1.165, 1.54) is 33.0 Å². The van der Waals surface area contributed by atoms with Crippen molar-refractivity contribution < 1.29 is 0 Å². The summed E-state index contributed by atoms with van der Waals surface area (Å²) < 4.78 is 0. The molecule has 2 heteroatoms. The molecule has 100 valence electrons. The first-order chi connectivity index (χ1) is 9.79. The molecule has 0 saturated heterocycles. The molecule has 0 fully saturated rings. The number of aryl methyl sites for hydroxylation is 1. The molecule has 0 aliphatic heterocycles. The fourth-order valence-electron chi connectivity index (χ4n) is 2.64. The standard InChI is InChI=1S/C18H18N2/c1-13-6-7-15(11-19-2)18(10-13)17-5-3-4-14-12-20-9-8-16(14)17/h3-10,12,19H,11H2,1-2H3. The van der Waals surface area contributed by atoms with Gasteiger partial charge in [0.1, 0.15) is 0 Å². The molecule has 0 spiro atoms. The minimum absolute atomic E-state index is 0.872. The first-order valence-corrected chi connectivity index (χ1v) is 6.87. The summed E-state index contributed by atoms with van der Waals surface area (Å²) in [7, 11) is 1.98. The van der Waals surface area contributed by atoms with Crippen molar-refractivity contribution >= 4 is 10.8 Å². The van der Waals surface area contributed by atoms with E-state index in [4.69, 9.17) is 0 Å². The lowest BCUT2D eigenvalue weighted by molar-refractivity contribution is 0.819. The normalized spacial score (nSPS) is 10.9. The Bertz CT molecular complexity index is 742. The van der Waals surface area contributed by atoms with Gasteiger partial charge in [-0.05, 0) is 42.1 Å². The second kappa shape index (κ2) is 5.43. The molecule has 0 saturated carbocycles. The zero-order chi connectivity index (χ0) is 13.9. The highest BCUT2D eigenvalue weighted by Crippen LogP contribution is 2.31. The van der Waals surface area contributed by atoms with E-state index in [-0.39, 0.29) is 0 Å². The molecule has 3 rings (SSSR count). The number of hydrogen-bond acceptors (Lipinski definition) is 2. The number of rotatable bonds is 3. The summed E-state index contributed by atoms with van der Waals surface area (Å²) in [6, 6.07) is 15.1. The monoisotopic (exact) mass is 262 g/mol. The summed E-state index contributed by atoms with van der Waals surface area (Å²) in [5, 5.41) is 5.69. The predicted molar refractivity (Wildman–Crippen MR) is 84.7 cm³/mol. The minimum Gasteiger partial charge on any atom is -0.316 e. The third-order valence-electron chi connectivity index (χ3n) is 3.60. The minimum atomic E-state index is 0.872. The van der Waals surface area contributed by atoms with E-state index in [1.807, 2.05) is 19.4 Å². The van der Waals surface area contributed by atoms with Crippen LogP contribution >= 0.6 is 0 Å². The van der Waals surface area contributed by atoms with E-state index in [0.717, 1.165) is 6.54 Å². The number of benzene rings is 2. The van der Waals surface area contributed by atoms with Crippen LogP contribution in [0.1, 0.15) is 11.1 Å². The quantitative estimate of drug-likeness (QED) is 0.773. The van der Waals surface area contributed by atoms with E-state index < -0.39 is 0 Å². The Morgan fingerprint density at radius 2 is 1.95 bits per heavy atom. The first kappa shape index (κ1) is 12.8. The number of hydrogen-bond donors (Lipinski definition) is 1.